The van der Waals surface area contributed by atoms with Crippen molar-refractivity contribution >= 4 is 18.0 Å². The summed E-state index contributed by atoms with van der Waals surface area (Å²) in [7, 11) is 0. The van der Waals surface area contributed by atoms with Gasteiger partial charge in [-0.1, -0.05) is 25.7 Å². The number of likely N-dealkylation sites (tertiary alicyclic amines) is 1. The third kappa shape index (κ3) is 6.50. The highest BCUT2D eigenvalue weighted by Gasteiger charge is 2.37. The van der Waals surface area contributed by atoms with E-state index in [0.29, 0.717) is 19.4 Å². The molecule has 2 rings (SSSR count). The maximum Gasteiger partial charge on any atom is 0.411 e. The number of hydrogen-bond donors (Lipinski definition) is 1. The van der Waals surface area contributed by atoms with Gasteiger partial charge in [0.05, 0.1) is 0 Å². The Bertz CT molecular complexity index is 507. The summed E-state index contributed by atoms with van der Waals surface area (Å²) in [6, 6.07) is -0.496. The van der Waals surface area contributed by atoms with E-state index >= 15 is 0 Å². The maximum absolute atomic E-state index is 12.3. The quantitative estimate of drug-likeness (QED) is 0.609. The van der Waals surface area contributed by atoms with Gasteiger partial charge in [-0.15, -0.1) is 0 Å². The van der Waals surface area contributed by atoms with Crippen LogP contribution in [0.5, 0.6) is 0 Å². The predicted molar refractivity (Wildman–Crippen MR) is 96.6 cm³/mol. The van der Waals surface area contributed by atoms with Gasteiger partial charge in [-0.25, -0.2) is 9.59 Å². The largest absolute Gasteiger partial charge is 0.454 e. The van der Waals surface area contributed by atoms with Crippen molar-refractivity contribution in [2.24, 2.45) is 0 Å². The summed E-state index contributed by atoms with van der Waals surface area (Å²) in [5.41, 5.74) is -0.618. The molecule has 2 fully saturated rings. The molecule has 148 valence electrons. The molecule has 0 aromatic rings. The first-order valence-electron chi connectivity index (χ1n) is 9.72. The van der Waals surface area contributed by atoms with Crippen molar-refractivity contribution in [3.05, 3.63) is 0 Å². The van der Waals surface area contributed by atoms with Crippen LogP contribution < -0.4 is 5.32 Å². The summed E-state index contributed by atoms with van der Waals surface area (Å²) < 4.78 is 10.5. The lowest BCUT2D eigenvalue weighted by atomic mass is 10.1. The standard InChI is InChI=1S/C19H32N2O5/c1-19(2,3)26-18(24)21-12-8-11-15(21)17(23)25-13-16(22)20-14-9-6-4-5-7-10-14/h14-15H,4-13H2,1-3H3,(H,20,22)/t15-/m0/s1. The molecule has 0 aromatic heterocycles. The van der Waals surface area contributed by atoms with Crippen molar-refractivity contribution in [2.45, 2.75) is 89.8 Å². The molecule has 1 saturated heterocycles. The van der Waals surface area contributed by atoms with E-state index in [4.69, 9.17) is 9.47 Å². The zero-order chi connectivity index (χ0) is 19.2. The van der Waals surface area contributed by atoms with Gasteiger partial charge in [0, 0.05) is 12.6 Å². The lowest BCUT2D eigenvalue weighted by Crippen LogP contribution is -2.45. The first-order valence-corrected chi connectivity index (χ1v) is 9.72. The molecule has 1 atom stereocenters. The number of nitrogens with one attached hydrogen (secondary N) is 1. The van der Waals surface area contributed by atoms with E-state index in [1.165, 1.54) is 17.7 Å². The van der Waals surface area contributed by atoms with Crippen LogP contribution in [0.25, 0.3) is 0 Å². The number of carbonyl (C=O) groups excluding carboxylic acids is 3. The van der Waals surface area contributed by atoms with E-state index in [2.05, 4.69) is 5.32 Å². The van der Waals surface area contributed by atoms with Crippen LogP contribution in [0.3, 0.4) is 0 Å². The molecule has 0 radical (unpaired) electrons. The van der Waals surface area contributed by atoms with E-state index in [0.717, 1.165) is 25.7 Å². The minimum Gasteiger partial charge on any atom is -0.454 e. The summed E-state index contributed by atoms with van der Waals surface area (Å²) >= 11 is 0. The molecule has 7 heteroatoms. The van der Waals surface area contributed by atoms with Gasteiger partial charge in [-0.3, -0.25) is 9.69 Å². The van der Waals surface area contributed by atoms with Crippen LogP contribution in [0.4, 0.5) is 4.79 Å². The van der Waals surface area contributed by atoms with Gasteiger partial charge in [0.2, 0.25) is 0 Å². The minimum absolute atomic E-state index is 0.174. The first-order chi connectivity index (χ1) is 12.3. The van der Waals surface area contributed by atoms with Crippen molar-refractivity contribution in [3.63, 3.8) is 0 Å². The maximum atomic E-state index is 12.3. The molecule has 1 N–H and O–H groups in total. The molecule has 0 spiro atoms. The molecule has 1 heterocycles. The Morgan fingerprint density at radius 2 is 1.65 bits per heavy atom. The Balaban J connectivity index is 1.78. The Hall–Kier alpha value is -1.79. The summed E-state index contributed by atoms with van der Waals surface area (Å²) in [5.74, 6) is -0.809. The molecule has 0 bridgehead atoms. The van der Waals surface area contributed by atoms with Gasteiger partial charge in [-0.2, -0.15) is 0 Å². The van der Waals surface area contributed by atoms with Crippen LogP contribution in [0, 0.1) is 0 Å². The van der Waals surface area contributed by atoms with Gasteiger partial charge in [0.25, 0.3) is 5.91 Å². The second kappa shape index (κ2) is 9.24. The normalized spacial score (nSPS) is 21.8. The Morgan fingerprint density at radius 1 is 1.00 bits per heavy atom. The molecule has 26 heavy (non-hydrogen) atoms. The second-order valence-electron chi connectivity index (χ2n) is 8.20. The molecule has 1 saturated carbocycles. The van der Waals surface area contributed by atoms with E-state index in [-0.39, 0.29) is 18.6 Å². The third-order valence-electron chi connectivity index (χ3n) is 4.72. The molecular formula is C19H32N2O5. The molecule has 7 nitrogen and oxygen atoms in total. The highest BCUT2D eigenvalue weighted by Crippen LogP contribution is 2.22. The Morgan fingerprint density at radius 3 is 2.27 bits per heavy atom. The van der Waals surface area contributed by atoms with Crippen LogP contribution in [0.2, 0.25) is 0 Å². The average Bonchev–Trinajstić information content (AvgIpc) is 2.91. The molecule has 2 amide bonds. The van der Waals surface area contributed by atoms with Crippen molar-refractivity contribution in [1.29, 1.82) is 0 Å². The Kier molecular flexibility index (Phi) is 7.29. The molecule has 1 aliphatic carbocycles. The van der Waals surface area contributed by atoms with Crippen LogP contribution in [-0.2, 0) is 19.1 Å². The third-order valence-corrected chi connectivity index (χ3v) is 4.72. The van der Waals surface area contributed by atoms with Crippen LogP contribution >= 0.6 is 0 Å². The summed E-state index contributed by atoms with van der Waals surface area (Å²) in [6.45, 7) is 5.52. The highest BCUT2D eigenvalue weighted by atomic mass is 16.6. The number of carbonyl (C=O) groups is 3. The Labute approximate surface area is 155 Å². The fourth-order valence-corrected chi connectivity index (χ4v) is 3.48. The number of ether oxygens (including phenoxy) is 2. The summed E-state index contributed by atoms with van der Waals surface area (Å²) in [5, 5.41) is 2.95. The van der Waals surface area contributed by atoms with Gasteiger partial charge < -0.3 is 14.8 Å². The number of nitrogens with zero attached hydrogens (tertiary/aromatic N) is 1. The van der Waals surface area contributed by atoms with Crippen LogP contribution in [-0.4, -0.2) is 53.7 Å². The fraction of sp³-hybridized carbons (Fsp3) is 0.842. The zero-order valence-corrected chi connectivity index (χ0v) is 16.2. The predicted octanol–water partition coefficient (Wildman–Crippen LogP) is 2.77. The lowest BCUT2D eigenvalue weighted by molar-refractivity contribution is -0.152. The van der Waals surface area contributed by atoms with E-state index in [1.54, 1.807) is 20.8 Å². The molecular weight excluding hydrogens is 336 g/mol. The summed E-state index contributed by atoms with van der Waals surface area (Å²) in [6.07, 6.45) is 7.36. The molecule has 1 aliphatic heterocycles. The molecule has 0 unspecified atom stereocenters. The SMILES string of the molecule is CC(C)(C)OC(=O)N1CCC[C@H]1C(=O)OCC(=O)NC1CCCCCC1. The van der Waals surface area contributed by atoms with E-state index in [9.17, 15) is 14.4 Å². The second-order valence-corrected chi connectivity index (χ2v) is 8.20. The fourth-order valence-electron chi connectivity index (χ4n) is 3.48. The topological polar surface area (TPSA) is 84.9 Å². The van der Waals surface area contributed by atoms with E-state index in [1.807, 2.05) is 0 Å². The van der Waals surface area contributed by atoms with Crippen molar-refractivity contribution in [1.82, 2.24) is 10.2 Å². The molecule has 2 aliphatic rings. The minimum atomic E-state index is -0.671. The summed E-state index contributed by atoms with van der Waals surface area (Å²) in [4.78, 5) is 38.0. The number of hydrogen-bond acceptors (Lipinski definition) is 5. The van der Waals surface area contributed by atoms with Gasteiger partial charge in [-0.05, 0) is 46.5 Å². The molecule has 0 aromatic carbocycles. The first kappa shape index (κ1) is 20.5. The zero-order valence-electron chi connectivity index (χ0n) is 16.2. The monoisotopic (exact) mass is 368 g/mol. The highest BCUT2D eigenvalue weighted by molar-refractivity contribution is 5.85. The van der Waals surface area contributed by atoms with Crippen molar-refractivity contribution in [2.75, 3.05) is 13.2 Å². The lowest BCUT2D eigenvalue weighted by Gasteiger charge is -2.27. The average molecular weight is 368 g/mol. The number of rotatable bonds is 4. The number of amides is 2. The number of esters is 1. The van der Waals surface area contributed by atoms with Gasteiger partial charge in [0.15, 0.2) is 6.61 Å². The van der Waals surface area contributed by atoms with Crippen LogP contribution in [0.15, 0.2) is 0 Å². The van der Waals surface area contributed by atoms with E-state index < -0.39 is 23.7 Å². The van der Waals surface area contributed by atoms with Crippen molar-refractivity contribution in [3.8, 4) is 0 Å². The smallest absolute Gasteiger partial charge is 0.411 e. The van der Waals surface area contributed by atoms with Gasteiger partial charge >= 0.3 is 12.1 Å². The van der Waals surface area contributed by atoms with Crippen LogP contribution in [0.1, 0.15) is 72.1 Å². The van der Waals surface area contributed by atoms with Crippen molar-refractivity contribution < 1.29 is 23.9 Å². The van der Waals surface area contributed by atoms with Gasteiger partial charge in [0.1, 0.15) is 11.6 Å².